The molecule has 1 aromatic heterocycles. The van der Waals surface area contributed by atoms with E-state index < -0.39 is 0 Å². The molecule has 0 radical (unpaired) electrons. The number of aryl methyl sites for hydroxylation is 2. The summed E-state index contributed by atoms with van der Waals surface area (Å²) >= 11 is 6.34. The highest BCUT2D eigenvalue weighted by molar-refractivity contribution is 6.30. The minimum atomic E-state index is 0.800. The molecule has 0 spiro atoms. The molecule has 4 heteroatoms. The van der Waals surface area contributed by atoms with Gasteiger partial charge >= 0.3 is 0 Å². The van der Waals surface area contributed by atoms with E-state index >= 15 is 0 Å². The number of fused-ring (bicyclic) bond motifs is 1. The van der Waals surface area contributed by atoms with E-state index in [1.807, 2.05) is 7.05 Å². The Labute approximate surface area is 114 Å². The monoisotopic (exact) mass is 267 g/mol. The maximum absolute atomic E-state index is 6.34. The summed E-state index contributed by atoms with van der Waals surface area (Å²) in [6.07, 6.45) is 7.02. The van der Waals surface area contributed by atoms with Crippen LogP contribution < -0.4 is 0 Å². The Kier molecular flexibility index (Phi) is 3.37. The second-order valence-electron chi connectivity index (χ2n) is 5.85. The molecule has 1 saturated heterocycles. The Morgan fingerprint density at radius 3 is 2.78 bits per heavy atom. The SMILES string of the molecule is Cc1nn(C)c(Cl)c1CN1CCC2CCCCC21. The first kappa shape index (κ1) is 12.5. The molecule has 2 atom stereocenters. The molecule has 18 heavy (non-hydrogen) atoms. The van der Waals surface area contributed by atoms with Crippen LogP contribution >= 0.6 is 11.6 Å². The summed E-state index contributed by atoms with van der Waals surface area (Å²) in [5.41, 5.74) is 2.31. The number of hydrogen-bond donors (Lipinski definition) is 0. The maximum atomic E-state index is 6.34. The normalized spacial score (nSPS) is 28.6. The first-order valence-corrected chi connectivity index (χ1v) is 7.46. The van der Waals surface area contributed by atoms with Crippen LogP contribution in [0, 0.1) is 12.8 Å². The number of hydrogen-bond acceptors (Lipinski definition) is 2. The van der Waals surface area contributed by atoms with Crippen molar-refractivity contribution >= 4 is 11.6 Å². The summed E-state index contributed by atoms with van der Waals surface area (Å²) in [6, 6.07) is 0.800. The predicted molar refractivity (Wildman–Crippen MR) is 73.7 cm³/mol. The third-order valence-corrected chi connectivity index (χ3v) is 5.23. The van der Waals surface area contributed by atoms with Crippen molar-refractivity contribution in [3.63, 3.8) is 0 Å². The Morgan fingerprint density at radius 1 is 1.28 bits per heavy atom. The molecule has 0 aromatic carbocycles. The van der Waals surface area contributed by atoms with Gasteiger partial charge in [0.1, 0.15) is 5.15 Å². The van der Waals surface area contributed by atoms with Crippen LogP contribution in [0.25, 0.3) is 0 Å². The van der Waals surface area contributed by atoms with E-state index in [2.05, 4.69) is 16.9 Å². The van der Waals surface area contributed by atoms with Crippen molar-refractivity contribution in [2.75, 3.05) is 6.54 Å². The molecule has 100 valence electrons. The van der Waals surface area contributed by atoms with Crippen LogP contribution in [0.1, 0.15) is 43.4 Å². The Balaban J connectivity index is 1.76. The molecule has 0 amide bonds. The highest BCUT2D eigenvalue weighted by atomic mass is 35.5. The minimum Gasteiger partial charge on any atom is -0.296 e. The van der Waals surface area contributed by atoms with E-state index in [4.69, 9.17) is 11.6 Å². The van der Waals surface area contributed by atoms with Gasteiger partial charge in [0, 0.05) is 25.2 Å². The van der Waals surface area contributed by atoms with E-state index in [-0.39, 0.29) is 0 Å². The lowest BCUT2D eigenvalue weighted by Crippen LogP contribution is -2.34. The van der Waals surface area contributed by atoms with Gasteiger partial charge in [0.05, 0.1) is 5.69 Å². The summed E-state index contributed by atoms with van der Waals surface area (Å²) in [4.78, 5) is 2.64. The van der Waals surface area contributed by atoms with Crippen LogP contribution in [0.4, 0.5) is 0 Å². The third kappa shape index (κ3) is 2.08. The lowest BCUT2D eigenvalue weighted by molar-refractivity contribution is 0.175. The molecule has 1 saturated carbocycles. The van der Waals surface area contributed by atoms with Crippen LogP contribution in [0.2, 0.25) is 5.15 Å². The molecule has 1 aliphatic carbocycles. The van der Waals surface area contributed by atoms with E-state index in [1.54, 1.807) is 4.68 Å². The summed E-state index contributed by atoms with van der Waals surface area (Å²) < 4.78 is 1.79. The lowest BCUT2D eigenvalue weighted by atomic mass is 9.85. The van der Waals surface area contributed by atoms with Crippen LogP contribution in [0.15, 0.2) is 0 Å². The first-order chi connectivity index (χ1) is 8.66. The number of halogens is 1. The largest absolute Gasteiger partial charge is 0.296 e. The highest BCUT2D eigenvalue weighted by Gasteiger charge is 2.36. The van der Waals surface area contributed by atoms with Gasteiger partial charge in [0.25, 0.3) is 0 Å². The van der Waals surface area contributed by atoms with E-state index in [9.17, 15) is 0 Å². The molecular weight excluding hydrogens is 246 g/mol. The molecule has 2 unspecified atom stereocenters. The van der Waals surface area contributed by atoms with Crippen molar-refractivity contribution in [2.24, 2.45) is 13.0 Å². The van der Waals surface area contributed by atoms with Crippen molar-refractivity contribution in [1.29, 1.82) is 0 Å². The van der Waals surface area contributed by atoms with E-state index in [0.29, 0.717) is 0 Å². The Bertz CT molecular complexity index is 440. The van der Waals surface area contributed by atoms with Gasteiger partial charge in [-0.25, -0.2) is 0 Å². The number of nitrogens with zero attached hydrogens (tertiary/aromatic N) is 3. The fourth-order valence-electron chi connectivity index (χ4n) is 3.76. The van der Waals surface area contributed by atoms with Gasteiger partial charge in [0.2, 0.25) is 0 Å². The molecule has 2 heterocycles. The summed E-state index contributed by atoms with van der Waals surface area (Å²) in [5.74, 6) is 0.939. The van der Waals surface area contributed by atoms with E-state index in [1.165, 1.54) is 44.2 Å². The number of likely N-dealkylation sites (tertiary alicyclic amines) is 1. The smallest absolute Gasteiger partial charge is 0.131 e. The van der Waals surface area contributed by atoms with Crippen LogP contribution in [0.3, 0.4) is 0 Å². The number of rotatable bonds is 2. The average Bonchev–Trinajstić information content (AvgIpc) is 2.87. The average molecular weight is 268 g/mol. The number of aromatic nitrogens is 2. The molecule has 3 rings (SSSR count). The molecule has 1 aliphatic heterocycles. The van der Waals surface area contributed by atoms with Crippen LogP contribution in [-0.2, 0) is 13.6 Å². The van der Waals surface area contributed by atoms with Gasteiger partial charge in [-0.15, -0.1) is 0 Å². The Morgan fingerprint density at radius 2 is 2.06 bits per heavy atom. The zero-order valence-corrected chi connectivity index (χ0v) is 12.1. The van der Waals surface area contributed by atoms with Gasteiger partial charge in [-0.05, 0) is 38.6 Å². The zero-order chi connectivity index (χ0) is 12.7. The second kappa shape index (κ2) is 4.86. The topological polar surface area (TPSA) is 21.1 Å². The standard InChI is InChI=1S/C14H22ClN3/c1-10-12(14(15)17(2)16-10)9-18-8-7-11-5-3-4-6-13(11)18/h11,13H,3-9H2,1-2H3. The third-order valence-electron chi connectivity index (χ3n) is 4.76. The fourth-order valence-corrected chi connectivity index (χ4v) is 3.99. The first-order valence-electron chi connectivity index (χ1n) is 7.09. The van der Waals surface area contributed by atoms with Crippen molar-refractivity contribution in [3.8, 4) is 0 Å². The molecule has 2 aliphatic rings. The van der Waals surface area contributed by atoms with Crippen LogP contribution in [-0.4, -0.2) is 27.3 Å². The van der Waals surface area contributed by atoms with Crippen molar-refractivity contribution in [1.82, 2.24) is 14.7 Å². The van der Waals surface area contributed by atoms with Gasteiger partial charge < -0.3 is 0 Å². The molecule has 0 bridgehead atoms. The van der Waals surface area contributed by atoms with E-state index in [0.717, 1.165) is 29.4 Å². The lowest BCUT2D eigenvalue weighted by Gasteiger charge is -2.31. The van der Waals surface area contributed by atoms with Gasteiger partial charge in [-0.3, -0.25) is 9.58 Å². The molecule has 2 fully saturated rings. The Hall–Kier alpha value is -0.540. The van der Waals surface area contributed by atoms with Gasteiger partial charge in [-0.2, -0.15) is 5.10 Å². The van der Waals surface area contributed by atoms with Gasteiger partial charge in [0.15, 0.2) is 0 Å². The summed E-state index contributed by atoms with van der Waals surface area (Å²) in [7, 11) is 1.92. The molecular formula is C14H22ClN3. The van der Waals surface area contributed by atoms with Crippen LogP contribution in [0.5, 0.6) is 0 Å². The van der Waals surface area contributed by atoms with Crippen molar-refractivity contribution < 1.29 is 0 Å². The molecule has 3 nitrogen and oxygen atoms in total. The van der Waals surface area contributed by atoms with Crippen molar-refractivity contribution in [2.45, 2.75) is 51.6 Å². The maximum Gasteiger partial charge on any atom is 0.131 e. The van der Waals surface area contributed by atoms with Gasteiger partial charge in [-0.1, -0.05) is 24.4 Å². The minimum absolute atomic E-state index is 0.800. The molecule has 0 N–H and O–H groups in total. The fraction of sp³-hybridized carbons (Fsp3) is 0.786. The summed E-state index contributed by atoms with van der Waals surface area (Å²) in [6.45, 7) is 4.29. The molecule has 1 aromatic rings. The predicted octanol–water partition coefficient (Wildman–Crippen LogP) is 3.15. The quantitative estimate of drug-likeness (QED) is 0.821. The zero-order valence-electron chi connectivity index (χ0n) is 11.3. The highest BCUT2D eigenvalue weighted by Crippen LogP contribution is 2.37. The van der Waals surface area contributed by atoms with Crippen molar-refractivity contribution in [3.05, 3.63) is 16.4 Å². The second-order valence-corrected chi connectivity index (χ2v) is 6.21. The summed E-state index contributed by atoms with van der Waals surface area (Å²) in [5, 5.41) is 5.23.